The van der Waals surface area contributed by atoms with Gasteiger partial charge in [-0.2, -0.15) is 0 Å². The Hall–Kier alpha value is -2.82. The van der Waals surface area contributed by atoms with Gasteiger partial charge in [0.05, 0.1) is 11.6 Å². The van der Waals surface area contributed by atoms with Crippen LogP contribution < -0.4 is 5.32 Å². The number of aromatic carboxylic acids is 1. The van der Waals surface area contributed by atoms with Crippen LogP contribution in [0.15, 0.2) is 78.9 Å². The van der Waals surface area contributed by atoms with Gasteiger partial charge in [-0.15, -0.1) is 12.4 Å². The summed E-state index contributed by atoms with van der Waals surface area (Å²) in [6, 6.07) is 22.7. The number of benzene rings is 3. The summed E-state index contributed by atoms with van der Waals surface area (Å²) >= 11 is 5.89. The maximum Gasteiger partial charge on any atom is 0.335 e. The number of Topliss-reactive ketones (excluding diaryl/α,β-unsaturated/α-hetero) is 1. The fourth-order valence-corrected chi connectivity index (χ4v) is 2.91. The zero-order valence-corrected chi connectivity index (χ0v) is 16.4. The van der Waals surface area contributed by atoms with Crippen LogP contribution in [0.5, 0.6) is 0 Å². The summed E-state index contributed by atoms with van der Waals surface area (Å²) in [6.07, 6.45) is 0.256. The molecule has 4 nitrogen and oxygen atoms in total. The number of carbonyl (C=O) groups is 2. The number of rotatable bonds is 7. The largest absolute Gasteiger partial charge is 0.478 e. The lowest BCUT2D eigenvalue weighted by atomic mass is 9.97. The number of ketones is 1. The molecule has 0 aliphatic rings. The molecule has 28 heavy (non-hydrogen) atoms. The smallest absolute Gasteiger partial charge is 0.335 e. The van der Waals surface area contributed by atoms with Crippen molar-refractivity contribution in [2.24, 2.45) is 0 Å². The van der Waals surface area contributed by atoms with Crippen molar-refractivity contribution < 1.29 is 14.7 Å². The molecule has 0 aromatic heterocycles. The van der Waals surface area contributed by atoms with Gasteiger partial charge in [0.2, 0.25) is 0 Å². The molecule has 0 heterocycles. The number of hydrogen-bond donors (Lipinski definition) is 2. The normalized spacial score (nSPS) is 11.2. The van der Waals surface area contributed by atoms with Crippen molar-refractivity contribution in [1.82, 2.24) is 0 Å². The summed E-state index contributed by atoms with van der Waals surface area (Å²) in [6.45, 7) is 0. The van der Waals surface area contributed by atoms with Crippen LogP contribution in [0, 0.1) is 0 Å². The van der Waals surface area contributed by atoms with Crippen molar-refractivity contribution >= 4 is 41.4 Å². The maximum atomic E-state index is 12.7. The van der Waals surface area contributed by atoms with E-state index >= 15 is 0 Å². The first-order valence-corrected chi connectivity index (χ1v) is 8.84. The average Bonchev–Trinajstić information content (AvgIpc) is 2.69. The number of anilines is 1. The Labute approximate surface area is 174 Å². The molecular weight excluding hydrogens is 397 g/mol. The Morgan fingerprint density at radius 1 is 0.857 bits per heavy atom. The highest BCUT2D eigenvalue weighted by Crippen LogP contribution is 2.25. The van der Waals surface area contributed by atoms with E-state index in [2.05, 4.69) is 5.32 Å². The second kappa shape index (κ2) is 9.93. The number of carboxylic acids is 1. The highest BCUT2D eigenvalue weighted by molar-refractivity contribution is 6.30. The van der Waals surface area contributed by atoms with Crippen molar-refractivity contribution in [1.29, 1.82) is 0 Å². The molecule has 0 fully saturated rings. The molecule has 2 N–H and O–H groups in total. The summed E-state index contributed by atoms with van der Waals surface area (Å²) < 4.78 is 0. The zero-order chi connectivity index (χ0) is 19.2. The van der Waals surface area contributed by atoms with Crippen LogP contribution in [0.25, 0.3) is 0 Å². The molecule has 1 atom stereocenters. The first-order valence-electron chi connectivity index (χ1n) is 8.46. The number of carbonyl (C=O) groups excluding carboxylic acids is 1. The predicted octanol–water partition coefficient (Wildman–Crippen LogP) is 5.89. The monoisotopic (exact) mass is 415 g/mol. The summed E-state index contributed by atoms with van der Waals surface area (Å²) in [5.74, 6) is -0.978. The lowest BCUT2D eigenvalue weighted by Gasteiger charge is -2.20. The Morgan fingerprint density at radius 3 is 2.00 bits per heavy atom. The van der Waals surface area contributed by atoms with E-state index in [1.165, 1.54) is 12.1 Å². The number of halogens is 2. The molecular formula is C22H19Cl2NO3. The molecule has 0 bridgehead atoms. The van der Waals surface area contributed by atoms with Crippen molar-refractivity contribution in [3.05, 3.63) is 101 Å². The van der Waals surface area contributed by atoms with Gasteiger partial charge in [-0.1, -0.05) is 41.9 Å². The fraction of sp³-hybridized carbons (Fsp3) is 0.0909. The summed E-state index contributed by atoms with van der Waals surface area (Å²) in [5, 5.41) is 12.9. The third-order valence-corrected chi connectivity index (χ3v) is 4.48. The fourth-order valence-electron chi connectivity index (χ4n) is 2.79. The first kappa shape index (κ1) is 21.5. The molecule has 0 amide bonds. The second-order valence-electron chi connectivity index (χ2n) is 6.12. The number of carboxylic acid groups (broad SMARTS) is 1. The second-order valence-corrected chi connectivity index (χ2v) is 6.56. The van der Waals surface area contributed by atoms with E-state index < -0.39 is 5.97 Å². The lowest BCUT2D eigenvalue weighted by molar-refractivity contribution is 0.0696. The summed E-state index contributed by atoms with van der Waals surface area (Å²) in [4.78, 5) is 23.7. The van der Waals surface area contributed by atoms with Crippen LogP contribution in [-0.2, 0) is 0 Å². The van der Waals surface area contributed by atoms with Gasteiger partial charge in [-0.05, 0) is 54.1 Å². The van der Waals surface area contributed by atoms with Gasteiger partial charge in [-0.3, -0.25) is 4.79 Å². The quantitative estimate of drug-likeness (QED) is 0.472. The van der Waals surface area contributed by atoms with Crippen LogP contribution in [0.3, 0.4) is 0 Å². The minimum atomic E-state index is -0.973. The SMILES string of the molecule is Cl.O=C(O)c1ccc(NC(CC(=O)c2ccc(Cl)cc2)c2ccccc2)cc1. The number of nitrogens with one attached hydrogen (secondary N) is 1. The molecule has 0 saturated carbocycles. The van der Waals surface area contributed by atoms with Gasteiger partial charge in [0.25, 0.3) is 0 Å². The van der Waals surface area contributed by atoms with E-state index in [-0.39, 0.29) is 36.2 Å². The number of hydrogen-bond acceptors (Lipinski definition) is 3. The topological polar surface area (TPSA) is 66.4 Å². The zero-order valence-electron chi connectivity index (χ0n) is 14.8. The Kier molecular flexibility index (Phi) is 7.61. The van der Waals surface area contributed by atoms with E-state index in [9.17, 15) is 9.59 Å². The van der Waals surface area contributed by atoms with Gasteiger partial charge >= 0.3 is 5.97 Å². The molecule has 1 unspecified atom stereocenters. The molecule has 0 aliphatic carbocycles. The van der Waals surface area contributed by atoms with E-state index in [4.69, 9.17) is 16.7 Å². The Balaban J connectivity index is 0.00000280. The molecule has 3 aromatic carbocycles. The van der Waals surface area contributed by atoms with Crippen LogP contribution in [0.2, 0.25) is 5.02 Å². The molecule has 0 aliphatic heterocycles. The van der Waals surface area contributed by atoms with E-state index in [0.717, 1.165) is 11.3 Å². The van der Waals surface area contributed by atoms with Gasteiger partial charge in [0.15, 0.2) is 5.78 Å². The molecule has 0 saturated heterocycles. The summed E-state index contributed by atoms with van der Waals surface area (Å²) in [7, 11) is 0. The molecule has 144 valence electrons. The Bertz CT molecular complexity index is 926. The lowest BCUT2D eigenvalue weighted by Crippen LogP contribution is -2.16. The third-order valence-electron chi connectivity index (χ3n) is 4.23. The third kappa shape index (κ3) is 5.59. The average molecular weight is 416 g/mol. The van der Waals surface area contributed by atoms with E-state index in [1.54, 1.807) is 36.4 Å². The van der Waals surface area contributed by atoms with E-state index in [1.807, 2.05) is 30.3 Å². The van der Waals surface area contributed by atoms with Gasteiger partial charge < -0.3 is 10.4 Å². The van der Waals surface area contributed by atoms with Crippen molar-refractivity contribution in [3.63, 3.8) is 0 Å². The van der Waals surface area contributed by atoms with Crippen LogP contribution in [0.1, 0.15) is 38.7 Å². The molecule has 3 aromatic rings. The van der Waals surface area contributed by atoms with Gasteiger partial charge in [0, 0.05) is 22.7 Å². The van der Waals surface area contributed by atoms with Crippen LogP contribution in [0.4, 0.5) is 5.69 Å². The van der Waals surface area contributed by atoms with Gasteiger partial charge in [-0.25, -0.2) is 4.79 Å². The standard InChI is InChI=1S/C22H18ClNO3.ClH/c23-18-10-6-16(7-11-18)21(25)14-20(15-4-2-1-3-5-15)24-19-12-8-17(9-13-19)22(26)27;/h1-13,20,24H,14H2,(H,26,27);1H. The minimum absolute atomic E-state index is 0. The maximum absolute atomic E-state index is 12.7. The van der Waals surface area contributed by atoms with Crippen LogP contribution in [-0.4, -0.2) is 16.9 Å². The van der Waals surface area contributed by atoms with Gasteiger partial charge in [0.1, 0.15) is 0 Å². The molecule has 0 spiro atoms. The summed E-state index contributed by atoms with van der Waals surface area (Å²) in [5.41, 5.74) is 2.54. The van der Waals surface area contributed by atoms with E-state index in [0.29, 0.717) is 10.6 Å². The van der Waals surface area contributed by atoms with Crippen LogP contribution >= 0.6 is 24.0 Å². The Morgan fingerprint density at radius 2 is 1.43 bits per heavy atom. The first-order chi connectivity index (χ1) is 13.0. The molecule has 6 heteroatoms. The predicted molar refractivity (Wildman–Crippen MR) is 114 cm³/mol. The van der Waals surface area contributed by atoms with Crippen molar-refractivity contribution in [2.75, 3.05) is 5.32 Å². The highest BCUT2D eigenvalue weighted by Gasteiger charge is 2.17. The minimum Gasteiger partial charge on any atom is -0.478 e. The molecule has 0 radical (unpaired) electrons. The van der Waals surface area contributed by atoms with Crippen molar-refractivity contribution in [2.45, 2.75) is 12.5 Å². The highest BCUT2D eigenvalue weighted by atomic mass is 35.5. The molecule has 3 rings (SSSR count). The van der Waals surface area contributed by atoms with Crippen molar-refractivity contribution in [3.8, 4) is 0 Å².